The van der Waals surface area contributed by atoms with E-state index in [1.54, 1.807) is 0 Å². The number of aryl methyl sites for hydroxylation is 1. The van der Waals surface area contributed by atoms with Crippen molar-refractivity contribution in [1.82, 2.24) is 9.78 Å². The topological polar surface area (TPSA) is 29.9 Å². The van der Waals surface area contributed by atoms with E-state index in [9.17, 15) is 0 Å². The highest BCUT2D eigenvalue weighted by Gasteiger charge is 2.18. The van der Waals surface area contributed by atoms with E-state index in [1.807, 2.05) is 23.5 Å². The summed E-state index contributed by atoms with van der Waals surface area (Å²) < 4.78 is 1.97. The number of hydrogen-bond donors (Lipinski definition) is 1. The lowest BCUT2D eigenvalue weighted by Gasteiger charge is -2.13. The maximum atomic E-state index is 4.68. The molecule has 0 spiro atoms. The molecule has 4 heteroatoms. The fourth-order valence-electron chi connectivity index (χ4n) is 2.70. The molecule has 0 aliphatic heterocycles. The first kappa shape index (κ1) is 19.6. The summed E-state index contributed by atoms with van der Waals surface area (Å²) in [6.45, 7) is 17.9. The number of anilines is 1. The van der Waals surface area contributed by atoms with Gasteiger partial charge in [-0.2, -0.15) is 16.9 Å². The van der Waals surface area contributed by atoms with Crippen molar-refractivity contribution in [2.75, 3.05) is 18.1 Å². The number of allylic oxidation sites excluding steroid dienone is 5. The third kappa shape index (κ3) is 5.03. The van der Waals surface area contributed by atoms with E-state index in [2.05, 4.69) is 70.9 Å². The molecule has 128 valence electrons. The molecule has 0 fully saturated rings. The van der Waals surface area contributed by atoms with Crippen LogP contribution in [0.2, 0.25) is 0 Å². The van der Waals surface area contributed by atoms with Gasteiger partial charge in [-0.25, -0.2) is 0 Å². The number of thioether (sulfide) groups is 1. The molecule has 23 heavy (non-hydrogen) atoms. The molecule has 0 amide bonds. The van der Waals surface area contributed by atoms with Crippen molar-refractivity contribution in [2.45, 2.75) is 46.8 Å². The van der Waals surface area contributed by atoms with Gasteiger partial charge in [0.25, 0.3) is 0 Å². The Morgan fingerprint density at radius 1 is 1.35 bits per heavy atom. The highest BCUT2D eigenvalue weighted by molar-refractivity contribution is 7.99. The van der Waals surface area contributed by atoms with E-state index in [0.29, 0.717) is 5.25 Å². The first-order valence-electron chi connectivity index (χ1n) is 8.01. The molecule has 0 aliphatic rings. The van der Waals surface area contributed by atoms with Crippen molar-refractivity contribution in [3.63, 3.8) is 0 Å². The molecule has 1 unspecified atom stereocenters. The van der Waals surface area contributed by atoms with Crippen LogP contribution >= 0.6 is 11.8 Å². The lowest BCUT2D eigenvalue weighted by molar-refractivity contribution is 0.755. The molecule has 1 atom stereocenters. The number of rotatable bonds is 7. The minimum absolute atomic E-state index is 0.559. The number of nitrogens with zero attached hydrogens (tertiary/aromatic N) is 2. The van der Waals surface area contributed by atoms with E-state index < -0.39 is 0 Å². The maximum absolute atomic E-state index is 4.68. The summed E-state index contributed by atoms with van der Waals surface area (Å²) in [5, 5.41) is 8.72. The summed E-state index contributed by atoms with van der Waals surface area (Å²) in [5.41, 5.74) is 7.09. The Hall–Kier alpha value is -1.42. The van der Waals surface area contributed by atoms with Crippen molar-refractivity contribution < 1.29 is 0 Å². The number of hydrogen-bond acceptors (Lipinski definition) is 3. The highest BCUT2D eigenvalue weighted by Crippen LogP contribution is 2.32. The Bertz CT molecular complexity index is 631. The second kappa shape index (κ2) is 8.44. The molecule has 0 aliphatic carbocycles. The first-order chi connectivity index (χ1) is 10.7. The van der Waals surface area contributed by atoms with Gasteiger partial charge in [0.15, 0.2) is 5.82 Å². The summed E-state index contributed by atoms with van der Waals surface area (Å²) >= 11 is 1.86. The van der Waals surface area contributed by atoms with Crippen LogP contribution in [0.3, 0.4) is 0 Å². The average molecular weight is 334 g/mol. The third-order valence-electron chi connectivity index (χ3n) is 3.81. The Balaban J connectivity index is 3.33. The van der Waals surface area contributed by atoms with Crippen LogP contribution < -0.4 is 5.32 Å². The number of nitrogens with one attached hydrogen (secondary N) is 1. The first-order valence-corrected chi connectivity index (χ1v) is 9.30. The zero-order chi connectivity index (χ0) is 17.7. The SMILES string of the molecule is C=C(C)/C(=C(/C)C=C(C)C)c1c(C)c(NCC(C)SC)nn1C. The lowest BCUT2D eigenvalue weighted by Crippen LogP contribution is -2.13. The summed E-state index contributed by atoms with van der Waals surface area (Å²) in [6.07, 6.45) is 4.34. The maximum Gasteiger partial charge on any atom is 0.151 e. The molecule has 0 radical (unpaired) electrons. The van der Waals surface area contributed by atoms with E-state index in [4.69, 9.17) is 0 Å². The Labute approximate surface area is 145 Å². The molecule has 1 aromatic heterocycles. The van der Waals surface area contributed by atoms with Crippen molar-refractivity contribution in [2.24, 2.45) is 7.05 Å². The molecule has 0 aromatic carbocycles. The Morgan fingerprint density at radius 2 is 1.96 bits per heavy atom. The predicted octanol–water partition coefficient (Wildman–Crippen LogP) is 5.21. The molecule has 0 saturated heterocycles. The summed E-state index contributed by atoms with van der Waals surface area (Å²) in [6, 6.07) is 0. The second-order valence-corrected chi connectivity index (χ2v) is 7.71. The molecule has 3 nitrogen and oxygen atoms in total. The summed E-state index contributed by atoms with van der Waals surface area (Å²) in [5.74, 6) is 0.965. The van der Waals surface area contributed by atoms with E-state index in [1.165, 1.54) is 22.3 Å². The Kier molecular flexibility index (Phi) is 7.20. The minimum atomic E-state index is 0.559. The van der Waals surface area contributed by atoms with Gasteiger partial charge in [-0.3, -0.25) is 4.68 Å². The van der Waals surface area contributed by atoms with E-state index in [0.717, 1.165) is 23.6 Å². The van der Waals surface area contributed by atoms with Gasteiger partial charge in [-0.15, -0.1) is 0 Å². The fourth-order valence-corrected chi connectivity index (χ4v) is 2.95. The smallest absolute Gasteiger partial charge is 0.151 e. The third-order valence-corrected chi connectivity index (χ3v) is 4.78. The fraction of sp³-hybridized carbons (Fsp3) is 0.526. The molecule has 1 rings (SSSR count). The van der Waals surface area contributed by atoms with Gasteiger partial charge in [0.1, 0.15) is 0 Å². The van der Waals surface area contributed by atoms with Gasteiger partial charge in [0.2, 0.25) is 0 Å². The van der Waals surface area contributed by atoms with Gasteiger partial charge in [-0.05, 0) is 52.0 Å². The van der Waals surface area contributed by atoms with E-state index in [-0.39, 0.29) is 0 Å². The molecule has 1 heterocycles. The number of aromatic nitrogens is 2. The van der Waals surface area contributed by atoms with Crippen molar-refractivity contribution in [3.05, 3.63) is 40.6 Å². The van der Waals surface area contributed by atoms with Gasteiger partial charge in [0, 0.05) is 30.0 Å². The minimum Gasteiger partial charge on any atom is -0.367 e. The molecular formula is C19H31N3S. The molecule has 1 aromatic rings. The monoisotopic (exact) mass is 333 g/mol. The van der Waals surface area contributed by atoms with Crippen LogP contribution in [-0.4, -0.2) is 27.8 Å². The Morgan fingerprint density at radius 3 is 2.43 bits per heavy atom. The van der Waals surface area contributed by atoms with Gasteiger partial charge in [-0.1, -0.05) is 25.2 Å². The molecule has 0 saturated carbocycles. The lowest BCUT2D eigenvalue weighted by atomic mass is 9.96. The van der Waals surface area contributed by atoms with Crippen LogP contribution in [0, 0.1) is 6.92 Å². The van der Waals surface area contributed by atoms with E-state index >= 15 is 0 Å². The van der Waals surface area contributed by atoms with Crippen molar-refractivity contribution in [1.29, 1.82) is 0 Å². The second-order valence-electron chi connectivity index (χ2n) is 6.43. The largest absolute Gasteiger partial charge is 0.367 e. The van der Waals surface area contributed by atoms with Crippen LogP contribution in [-0.2, 0) is 7.05 Å². The van der Waals surface area contributed by atoms with Gasteiger partial charge < -0.3 is 5.32 Å². The zero-order valence-corrected chi connectivity index (χ0v) is 16.7. The van der Waals surface area contributed by atoms with Crippen LogP contribution in [0.1, 0.15) is 45.9 Å². The van der Waals surface area contributed by atoms with Gasteiger partial charge in [0.05, 0.1) is 5.69 Å². The van der Waals surface area contributed by atoms with Crippen LogP contribution in [0.5, 0.6) is 0 Å². The molecule has 0 bridgehead atoms. The zero-order valence-electron chi connectivity index (χ0n) is 15.9. The van der Waals surface area contributed by atoms with Crippen LogP contribution in [0.15, 0.2) is 29.4 Å². The van der Waals surface area contributed by atoms with Crippen LogP contribution in [0.4, 0.5) is 5.82 Å². The summed E-state index contributed by atoms with van der Waals surface area (Å²) in [7, 11) is 2.00. The normalized spacial score (nSPS) is 13.4. The highest BCUT2D eigenvalue weighted by atomic mass is 32.2. The van der Waals surface area contributed by atoms with Crippen molar-refractivity contribution >= 4 is 23.2 Å². The van der Waals surface area contributed by atoms with Crippen molar-refractivity contribution in [3.8, 4) is 0 Å². The standard InChI is InChI=1S/C19H31N3S/c1-12(2)10-14(5)17(13(3)4)18-16(7)19(21-22(18)8)20-11-15(6)23-9/h10,15H,3,11H2,1-2,4-9H3,(H,20,21)/b17-14+. The summed E-state index contributed by atoms with van der Waals surface area (Å²) in [4.78, 5) is 0. The predicted molar refractivity (Wildman–Crippen MR) is 106 cm³/mol. The quantitative estimate of drug-likeness (QED) is 0.695. The molecule has 1 N–H and O–H groups in total. The average Bonchev–Trinajstić information content (AvgIpc) is 2.71. The molecular weight excluding hydrogens is 302 g/mol. The van der Waals surface area contributed by atoms with Crippen LogP contribution in [0.25, 0.3) is 5.57 Å². The van der Waals surface area contributed by atoms with Gasteiger partial charge >= 0.3 is 0 Å².